The van der Waals surface area contributed by atoms with Crippen LogP contribution in [0.15, 0.2) is 85.8 Å². The summed E-state index contributed by atoms with van der Waals surface area (Å²) in [6, 6.07) is 8.21. The van der Waals surface area contributed by atoms with Gasteiger partial charge in [-0.25, -0.2) is 4.98 Å². The number of allylic oxidation sites excluding steroid dienone is 4. The van der Waals surface area contributed by atoms with Gasteiger partial charge >= 0.3 is 0 Å². The monoisotopic (exact) mass is 447 g/mol. The van der Waals surface area contributed by atoms with Crippen LogP contribution in [0.3, 0.4) is 0 Å². The molecule has 0 unspecified atom stereocenters. The topological polar surface area (TPSA) is 86.4 Å². The third kappa shape index (κ3) is 3.77. The summed E-state index contributed by atoms with van der Waals surface area (Å²) in [5.41, 5.74) is 8.55. The van der Waals surface area contributed by atoms with E-state index in [0.29, 0.717) is 5.65 Å². The number of hydrogen-bond donors (Lipinski definition) is 2. The van der Waals surface area contributed by atoms with E-state index >= 15 is 0 Å². The number of nitrogens with one attached hydrogen (secondary N) is 2. The molecule has 0 amide bonds. The van der Waals surface area contributed by atoms with Gasteiger partial charge in [0.1, 0.15) is 0 Å². The van der Waals surface area contributed by atoms with Gasteiger partial charge < -0.3 is 9.88 Å². The fourth-order valence-electron chi connectivity index (χ4n) is 4.06. The Morgan fingerprint density at radius 3 is 2.68 bits per heavy atom. The molecule has 7 nitrogen and oxygen atoms in total. The van der Waals surface area contributed by atoms with E-state index in [1.807, 2.05) is 68.9 Å². The van der Waals surface area contributed by atoms with Gasteiger partial charge in [-0.2, -0.15) is 5.10 Å². The van der Waals surface area contributed by atoms with Crippen LogP contribution in [0.25, 0.3) is 50.0 Å². The average Bonchev–Trinajstić information content (AvgIpc) is 3.48. The molecule has 2 N–H and O–H groups in total. The van der Waals surface area contributed by atoms with Gasteiger partial charge in [-0.1, -0.05) is 18.7 Å². The summed E-state index contributed by atoms with van der Waals surface area (Å²) in [6.45, 7) is 5.95. The fraction of sp³-hybridized carbons (Fsp3) is 0.111. The Balaban J connectivity index is 1.62. The second-order valence-corrected chi connectivity index (χ2v) is 8.18. The Morgan fingerprint density at radius 2 is 1.94 bits per heavy atom. The molecule has 5 heterocycles. The highest BCUT2D eigenvalue weighted by Crippen LogP contribution is 2.33. The van der Waals surface area contributed by atoms with Crippen molar-refractivity contribution in [2.75, 3.05) is 14.1 Å². The van der Waals surface area contributed by atoms with E-state index < -0.39 is 0 Å². The van der Waals surface area contributed by atoms with Gasteiger partial charge in [0.05, 0.1) is 23.1 Å². The zero-order valence-corrected chi connectivity index (χ0v) is 19.4. The van der Waals surface area contributed by atoms with Crippen molar-refractivity contribution in [3.8, 4) is 22.5 Å². The third-order valence-corrected chi connectivity index (χ3v) is 5.87. The van der Waals surface area contributed by atoms with E-state index in [2.05, 4.69) is 61.0 Å². The van der Waals surface area contributed by atoms with Crippen LogP contribution in [-0.4, -0.2) is 49.1 Å². The molecule has 0 saturated carbocycles. The number of nitrogens with zero attached hydrogens (tertiary/aromatic N) is 5. The lowest BCUT2D eigenvalue weighted by Gasteiger charge is -2.14. The molecule has 34 heavy (non-hydrogen) atoms. The molecular formula is C27H25N7. The molecule has 168 valence electrons. The molecule has 0 fully saturated rings. The zero-order chi connectivity index (χ0) is 23.7. The lowest BCUT2D eigenvalue weighted by atomic mass is 10.0. The Bertz CT molecular complexity index is 1550. The lowest BCUT2D eigenvalue weighted by Crippen LogP contribution is -2.09. The summed E-state index contributed by atoms with van der Waals surface area (Å²) < 4.78 is 0. The number of aromatic amines is 2. The van der Waals surface area contributed by atoms with Crippen LogP contribution < -0.4 is 0 Å². The fourth-order valence-corrected chi connectivity index (χ4v) is 4.06. The van der Waals surface area contributed by atoms with Gasteiger partial charge in [0, 0.05) is 72.0 Å². The molecule has 0 bridgehead atoms. The van der Waals surface area contributed by atoms with Gasteiger partial charge in [0.15, 0.2) is 5.65 Å². The predicted molar refractivity (Wildman–Crippen MR) is 138 cm³/mol. The van der Waals surface area contributed by atoms with Crippen molar-refractivity contribution in [1.29, 1.82) is 0 Å². The summed E-state index contributed by atoms with van der Waals surface area (Å²) in [5, 5.41) is 9.62. The van der Waals surface area contributed by atoms with Gasteiger partial charge in [0.2, 0.25) is 0 Å². The van der Waals surface area contributed by atoms with Crippen molar-refractivity contribution in [1.82, 2.24) is 35.0 Å². The quantitative estimate of drug-likeness (QED) is 0.331. The minimum absolute atomic E-state index is 0.666. The normalized spacial score (nSPS) is 12.4. The predicted octanol–water partition coefficient (Wildman–Crippen LogP) is 5.60. The summed E-state index contributed by atoms with van der Waals surface area (Å²) in [4.78, 5) is 18.8. The smallest absolute Gasteiger partial charge is 0.181 e. The molecule has 0 spiro atoms. The van der Waals surface area contributed by atoms with Crippen molar-refractivity contribution in [2.24, 2.45) is 0 Å². The number of rotatable bonds is 6. The molecule has 0 aliphatic carbocycles. The van der Waals surface area contributed by atoms with E-state index in [-0.39, 0.29) is 0 Å². The van der Waals surface area contributed by atoms with Crippen LogP contribution in [0.1, 0.15) is 12.5 Å². The van der Waals surface area contributed by atoms with Crippen LogP contribution in [0.4, 0.5) is 0 Å². The maximum atomic E-state index is 4.61. The van der Waals surface area contributed by atoms with E-state index in [1.165, 1.54) is 0 Å². The third-order valence-electron chi connectivity index (χ3n) is 5.87. The molecule has 5 rings (SSSR count). The van der Waals surface area contributed by atoms with Gasteiger partial charge in [-0.3, -0.25) is 15.1 Å². The molecule has 0 atom stereocenters. The summed E-state index contributed by atoms with van der Waals surface area (Å²) >= 11 is 0. The molecule has 0 radical (unpaired) electrons. The summed E-state index contributed by atoms with van der Waals surface area (Å²) in [6.07, 6.45) is 15.2. The van der Waals surface area contributed by atoms with Crippen molar-refractivity contribution in [2.45, 2.75) is 6.92 Å². The molecular weight excluding hydrogens is 422 g/mol. The molecule has 5 aromatic rings. The van der Waals surface area contributed by atoms with E-state index in [0.717, 1.165) is 55.6 Å². The average molecular weight is 448 g/mol. The first-order valence-corrected chi connectivity index (χ1v) is 11.0. The van der Waals surface area contributed by atoms with Crippen LogP contribution in [0, 0.1) is 0 Å². The highest BCUT2D eigenvalue weighted by molar-refractivity contribution is 6.00. The standard InChI is InChI=1S/C27H25N7/c1-5-17(10-20(6-2)34(3)4)19-11-22-26(32-33-27(22)30-14-19)24-12-21-23(15-29-16-25(21)31-24)18-8-7-9-28-13-18/h5-16,31H,2H2,1,3-4H3,(H,30,32,33)/b17-5+,20-10+. The van der Waals surface area contributed by atoms with Crippen molar-refractivity contribution < 1.29 is 0 Å². The first-order valence-electron chi connectivity index (χ1n) is 11.0. The Morgan fingerprint density at radius 1 is 1.06 bits per heavy atom. The van der Waals surface area contributed by atoms with E-state index in [1.54, 1.807) is 6.20 Å². The number of aromatic nitrogens is 6. The highest BCUT2D eigenvalue weighted by Gasteiger charge is 2.15. The number of likely N-dealkylation sites (N-methyl/N-ethyl adjacent to an activating group) is 1. The maximum Gasteiger partial charge on any atom is 0.181 e. The second-order valence-electron chi connectivity index (χ2n) is 8.18. The summed E-state index contributed by atoms with van der Waals surface area (Å²) in [5.74, 6) is 0. The van der Waals surface area contributed by atoms with Gasteiger partial charge in [0.25, 0.3) is 0 Å². The van der Waals surface area contributed by atoms with Gasteiger partial charge in [-0.05, 0) is 42.8 Å². The zero-order valence-electron chi connectivity index (χ0n) is 19.4. The maximum absolute atomic E-state index is 4.61. The first kappa shape index (κ1) is 21.3. The number of pyridine rings is 3. The largest absolute Gasteiger partial charge is 0.378 e. The number of fused-ring (bicyclic) bond motifs is 2. The van der Waals surface area contributed by atoms with Crippen LogP contribution in [-0.2, 0) is 0 Å². The van der Waals surface area contributed by atoms with Crippen LogP contribution >= 0.6 is 0 Å². The molecule has 7 heteroatoms. The summed E-state index contributed by atoms with van der Waals surface area (Å²) in [7, 11) is 4.00. The van der Waals surface area contributed by atoms with E-state index in [4.69, 9.17) is 0 Å². The Hall–Kier alpha value is -4.52. The Labute approximate surface area is 197 Å². The minimum atomic E-state index is 0.666. The van der Waals surface area contributed by atoms with Crippen molar-refractivity contribution >= 4 is 27.5 Å². The SMILES string of the molecule is C=C/C(=C\C(=C/C)c1cnc2n[nH]c(-c3cc4c(-c5cccnc5)cncc4[nH]3)c2c1)N(C)C. The number of hydrogen-bond acceptors (Lipinski definition) is 5. The second kappa shape index (κ2) is 8.78. The lowest BCUT2D eigenvalue weighted by molar-refractivity contribution is 0.530. The molecule has 0 aromatic carbocycles. The van der Waals surface area contributed by atoms with Crippen LogP contribution in [0.5, 0.6) is 0 Å². The minimum Gasteiger partial charge on any atom is -0.378 e. The molecule has 5 aromatic heterocycles. The Kier molecular flexibility index (Phi) is 5.51. The van der Waals surface area contributed by atoms with E-state index in [9.17, 15) is 0 Å². The number of H-pyrrole nitrogens is 2. The highest BCUT2D eigenvalue weighted by atomic mass is 15.2. The molecule has 0 aliphatic rings. The van der Waals surface area contributed by atoms with Crippen LogP contribution in [0.2, 0.25) is 0 Å². The molecule has 0 aliphatic heterocycles. The van der Waals surface area contributed by atoms with Crippen molar-refractivity contribution in [3.63, 3.8) is 0 Å². The molecule has 0 saturated heterocycles. The van der Waals surface area contributed by atoms with Gasteiger partial charge in [-0.15, -0.1) is 0 Å². The van der Waals surface area contributed by atoms with Crippen molar-refractivity contribution in [3.05, 3.63) is 91.3 Å². The first-order chi connectivity index (χ1) is 16.6.